The SMILES string of the molecule is CCC(Sc1cccc(NC(=O)/C(=C/c2ccsc2)NC(=O)c2ccccc2)c1)C(=O)Nc1ccc(Cl)cc1. The molecule has 0 aliphatic heterocycles. The Balaban J connectivity index is 1.46. The molecule has 0 aliphatic rings. The second-order valence-corrected chi connectivity index (χ2v) is 10.9. The maximum atomic E-state index is 13.3. The second-order valence-electron chi connectivity index (χ2n) is 8.43. The van der Waals surface area contributed by atoms with Gasteiger partial charge in [-0.1, -0.05) is 42.8 Å². The minimum atomic E-state index is -0.458. The fourth-order valence-electron chi connectivity index (χ4n) is 3.55. The Morgan fingerprint density at radius 2 is 1.69 bits per heavy atom. The van der Waals surface area contributed by atoms with Crippen LogP contribution in [-0.4, -0.2) is 23.0 Å². The summed E-state index contributed by atoms with van der Waals surface area (Å²) < 4.78 is 0. The summed E-state index contributed by atoms with van der Waals surface area (Å²) in [6.45, 7) is 1.95. The minimum Gasteiger partial charge on any atom is -0.325 e. The largest absolute Gasteiger partial charge is 0.325 e. The van der Waals surface area contributed by atoms with Crippen molar-refractivity contribution in [3.8, 4) is 0 Å². The van der Waals surface area contributed by atoms with Gasteiger partial charge in [-0.2, -0.15) is 11.3 Å². The molecular formula is C30H26ClN3O3S2. The van der Waals surface area contributed by atoms with Crippen molar-refractivity contribution < 1.29 is 14.4 Å². The highest BCUT2D eigenvalue weighted by molar-refractivity contribution is 8.00. The number of anilines is 2. The van der Waals surface area contributed by atoms with Gasteiger partial charge in [-0.15, -0.1) is 11.8 Å². The van der Waals surface area contributed by atoms with E-state index in [9.17, 15) is 14.4 Å². The summed E-state index contributed by atoms with van der Waals surface area (Å²) in [5.74, 6) is -0.960. The highest BCUT2D eigenvalue weighted by Crippen LogP contribution is 2.29. The third-order valence-electron chi connectivity index (χ3n) is 5.53. The molecule has 4 aromatic rings. The van der Waals surface area contributed by atoms with Gasteiger partial charge in [0.05, 0.1) is 5.25 Å². The number of halogens is 1. The highest BCUT2D eigenvalue weighted by Gasteiger charge is 2.19. The van der Waals surface area contributed by atoms with Crippen molar-refractivity contribution in [2.45, 2.75) is 23.5 Å². The summed E-state index contributed by atoms with van der Waals surface area (Å²) in [5, 5.41) is 12.6. The van der Waals surface area contributed by atoms with Crippen molar-refractivity contribution in [1.29, 1.82) is 0 Å². The van der Waals surface area contributed by atoms with E-state index in [4.69, 9.17) is 11.6 Å². The molecular weight excluding hydrogens is 550 g/mol. The normalized spacial score (nSPS) is 11.9. The van der Waals surface area contributed by atoms with Crippen LogP contribution in [-0.2, 0) is 9.59 Å². The lowest BCUT2D eigenvalue weighted by Gasteiger charge is -2.16. The molecule has 39 heavy (non-hydrogen) atoms. The van der Waals surface area contributed by atoms with E-state index in [-0.39, 0.29) is 22.8 Å². The highest BCUT2D eigenvalue weighted by atomic mass is 35.5. The van der Waals surface area contributed by atoms with Gasteiger partial charge in [0.1, 0.15) is 5.70 Å². The van der Waals surface area contributed by atoms with Gasteiger partial charge in [-0.25, -0.2) is 0 Å². The van der Waals surface area contributed by atoms with E-state index >= 15 is 0 Å². The van der Waals surface area contributed by atoms with Gasteiger partial charge in [-0.05, 0) is 89.5 Å². The quantitative estimate of drug-likeness (QED) is 0.137. The van der Waals surface area contributed by atoms with Gasteiger partial charge >= 0.3 is 0 Å². The van der Waals surface area contributed by atoms with E-state index in [0.717, 1.165) is 10.5 Å². The summed E-state index contributed by atoms with van der Waals surface area (Å²) >= 11 is 8.84. The zero-order valence-electron chi connectivity index (χ0n) is 21.0. The van der Waals surface area contributed by atoms with Crippen LogP contribution in [0.2, 0.25) is 5.02 Å². The molecule has 4 rings (SSSR count). The van der Waals surface area contributed by atoms with Gasteiger partial charge in [0.25, 0.3) is 11.8 Å². The number of carbonyl (C=O) groups is 3. The third kappa shape index (κ3) is 8.32. The Bertz CT molecular complexity index is 1460. The first-order chi connectivity index (χ1) is 18.9. The van der Waals surface area contributed by atoms with Crippen LogP contribution in [0.1, 0.15) is 29.3 Å². The Hall–Kier alpha value is -3.85. The summed E-state index contributed by atoms with van der Waals surface area (Å²) in [4.78, 5) is 39.7. The van der Waals surface area contributed by atoms with Crippen LogP contribution >= 0.6 is 34.7 Å². The van der Waals surface area contributed by atoms with Crippen LogP contribution < -0.4 is 16.0 Å². The summed E-state index contributed by atoms with van der Waals surface area (Å²) in [6, 6.07) is 24.8. The molecule has 0 saturated carbocycles. The van der Waals surface area contributed by atoms with Crippen LogP contribution in [0.4, 0.5) is 11.4 Å². The molecule has 9 heteroatoms. The molecule has 3 aromatic carbocycles. The average Bonchev–Trinajstić information content (AvgIpc) is 3.46. The molecule has 0 spiro atoms. The minimum absolute atomic E-state index is 0.120. The van der Waals surface area contributed by atoms with Gasteiger partial charge in [0, 0.05) is 26.9 Å². The number of carbonyl (C=O) groups excluding carboxylic acids is 3. The van der Waals surface area contributed by atoms with Gasteiger partial charge in [0.2, 0.25) is 5.91 Å². The predicted octanol–water partition coefficient (Wildman–Crippen LogP) is 7.32. The van der Waals surface area contributed by atoms with Crippen LogP contribution in [0.3, 0.4) is 0 Å². The number of hydrogen-bond acceptors (Lipinski definition) is 5. The molecule has 1 atom stereocenters. The molecule has 198 valence electrons. The Morgan fingerprint density at radius 3 is 2.38 bits per heavy atom. The molecule has 6 nitrogen and oxygen atoms in total. The first kappa shape index (κ1) is 28.2. The number of amides is 3. The zero-order chi connectivity index (χ0) is 27.6. The first-order valence-corrected chi connectivity index (χ1v) is 14.4. The van der Waals surface area contributed by atoms with Crippen molar-refractivity contribution in [1.82, 2.24) is 5.32 Å². The van der Waals surface area contributed by atoms with Gasteiger partial charge in [-0.3, -0.25) is 14.4 Å². The Morgan fingerprint density at radius 1 is 0.923 bits per heavy atom. The lowest BCUT2D eigenvalue weighted by atomic mass is 10.2. The summed E-state index contributed by atoms with van der Waals surface area (Å²) in [5.41, 5.74) is 2.59. The zero-order valence-corrected chi connectivity index (χ0v) is 23.4. The van der Waals surface area contributed by atoms with Crippen LogP contribution in [0.5, 0.6) is 0 Å². The Kier molecular flexibility index (Phi) is 9.97. The molecule has 0 aliphatic carbocycles. The van der Waals surface area contributed by atoms with E-state index in [1.165, 1.54) is 23.1 Å². The molecule has 1 aromatic heterocycles. The molecule has 0 bridgehead atoms. The van der Waals surface area contributed by atoms with E-state index in [1.807, 2.05) is 48.0 Å². The molecule has 0 fully saturated rings. The van der Waals surface area contributed by atoms with E-state index in [2.05, 4.69) is 16.0 Å². The van der Waals surface area contributed by atoms with E-state index < -0.39 is 5.91 Å². The van der Waals surface area contributed by atoms with E-state index in [1.54, 1.807) is 60.7 Å². The van der Waals surface area contributed by atoms with Crippen LogP contribution in [0, 0.1) is 0 Å². The van der Waals surface area contributed by atoms with Crippen molar-refractivity contribution in [3.63, 3.8) is 0 Å². The standard InChI is InChI=1S/C30H26ClN3O3S2/c1-2-27(30(37)32-23-13-11-22(31)12-14-23)39-25-10-6-9-24(18-25)33-29(36)26(17-20-15-16-38-19-20)34-28(35)21-7-4-3-5-8-21/h3-19,27H,2H2,1H3,(H,32,37)(H,33,36)(H,34,35)/b26-17-. The van der Waals surface area contributed by atoms with E-state index in [0.29, 0.717) is 28.4 Å². The predicted molar refractivity (Wildman–Crippen MR) is 161 cm³/mol. The smallest absolute Gasteiger partial charge is 0.272 e. The number of rotatable bonds is 10. The average molecular weight is 576 g/mol. The number of benzene rings is 3. The summed E-state index contributed by atoms with van der Waals surface area (Å²) in [7, 11) is 0. The van der Waals surface area contributed by atoms with Crippen molar-refractivity contribution >= 4 is 69.9 Å². The molecule has 3 amide bonds. The second kappa shape index (κ2) is 13.8. The van der Waals surface area contributed by atoms with Crippen molar-refractivity contribution in [2.24, 2.45) is 0 Å². The number of thiophene rings is 1. The molecule has 1 unspecified atom stereocenters. The number of thioether (sulfide) groups is 1. The molecule has 3 N–H and O–H groups in total. The maximum absolute atomic E-state index is 13.3. The summed E-state index contributed by atoms with van der Waals surface area (Å²) in [6.07, 6.45) is 2.25. The third-order valence-corrected chi connectivity index (χ3v) is 7.84. The monoisotopic (exact) mass is 575 g/mol. The first-order valence-electron chi connectivity index (χ1n) is 12.2. The molecule has 1 heterocycles. The Labute approximate surface area is 240 Å². The van der Waals surface area contributed by atoms with Crippen LogP contribution in [0.25, 0.3) is 6.08 Å². The number of hydrogen-bond donors (Lipinski definition) is 3. The molecule has 0 saturated heterocycles. The maximum Gasteiger partial charge on any atom is 0.272 e. The number of nitrogens with one attached hydrogen (secondary N) is 3. The lowest BCUT2D eigenvalue weighted by molar-refractivity contribution is -0.116. The van der Waals surface area contributed by atoms with Gasteiger partial charge < -0.3 is 16.0 Å². The van der Waals surface area contributed by atoms with Crippen LogP contribution in [0.15, 0.2) is 106 Å². The fraction of sp³-hybridized carbons (Fsp3) is 0.100. The fourth-order valence-corrected chi connectivity index (χ4v) is 5.31. The topological polar surface area (TPSA) is 87.3 Å². The molecule has 0 radical (unpaired) electrons. The van der Waals surface area contributed by atoms with Gasteiger partial charge in [0.15, 0.2) is 0 Å². The van der Waals surface area contributed by atoms with Crippen molar-refractivity contribution in [3.05, 3.63) is 118 Å². The lowest BCUT2D eigenvalue weighted by Crippen LogP contribution is -2.30. The van der Waals surface area contributed by atoms with Crippen molar-refractivity contribution in [2.75, 3.05) is 10.6 Å².